The van der Waals surface area contributed by atoms with Crippen molar-refractivity contribution in [1.82, 2.24) is 0 Å². The Morgan fingerprint density at radius 3 is 2.63 bits per heavy atom. The van der Waals surface area contributed by atoms with Crippen LogP contribution in [0.5, 0.6) is 0 Å². The Bertz CT molecular complexity index is 446. The number of esters is 1. The molecule has 5 nitrogen and oxygen atoms in total. The van der Waals surface area contributed by atoms with Gasteiger partial charge in [0.05, 0.1) is 23.9 Å². The summed E-state index contributed by atoms with van der Waals surface area (Å²) in [5, 5.41) is 2.67. The van der Waals surface area contributed by atoms with Crippen LogP contribution >= 0.6 is 0 Å². The maximum absolute atomic E-state index is 11.8. The summed E-state index contributed by atoms with van der Waals surface area (Å²) in [4.78, 5) is 23.6. The summed E-state index contributed by atoms with van der Waals surface area (Å²) < 4.78 is 4.94. The summed E-state index contributed by atoms with van der Waals surface area (Å²) in [6.45, 7) is 3.98. The molecule has 19 heavy (non-hydrogen) atoms. The first-order chi connectivity index (χ1) is 9.10. The fourth-order valence-electron chi connectivity index (χ4n) is 1.65. The number of anilines is 1. The van der Waals surface area contributed by atoms with Crippen molar-refractivity contribution in [3.63, 3.8) is 0 Å². The molecule has 0 heterocycles. The van der Waals surface area contributed by atoms with Gasteiger partial charge in [-0.3, -0.25) is 4.79 Å². The van der Waals surface area contributed by atoms with E-state index in [1.54, 1.807) is 31.2 Å². The highest BCUT2D eigenvalue weighted by Gasteiger charge is 2.17. The van der Waals surface area contributed by atoms with Crippen LogP contribution < -0.4 is 11.1 Å². The number of rotatable bonds is 6. The molecule has 0 aliphatic rings. The molecule has 0 bridgehead atoms. The minimum absolute atomic E-state index is 0.288. The molecule has 0 spiro atoms. The number of nitrogens with two attached hydrogens (primary N) is 1. The second kappa shape index (κ2) is 7.53. The summed E-state index contributed by atoms with van der Waals surface area (Å²) in [6.07, 6.45) is 1.43. The van der Waals surface area contributed by atoms with Crippen LogP contribution in [0.2, 0.25) is 0 Å². The van der Waals surface area contributed by atoms with E-state index < -0.39 is 12.0 Å². The van der Waals surface area contributed by atoms with Crippen LogP contribution in [-0.2, 0) is 9.53 Å². The molecule has 104 valence electrons. The molecule has 0 saturated carbocycles. The van der Waals surface area contributed by atoms with Gasteiger partial charge in [0.1, 0.15) is 0 Å². The van der Waals surface area contributed by atoms with E-state index in [1.165, 1.54) is 0 Å². The lowest BCUT2D eigenvalue weighted by Gasteiger charge is -2.13. The molecule has 1 rings (SSSR count). The van der Waals surface area contributed by atoms with E-state index in [0.717, 1.165) is 6.42 Å². The zero-order chi connectivity index (χ0) is 14.3. The Balaban J connectivity index is 2.83. The van der Waals surface area contributed by atoms with E-state index in [2.05, 4.69) is 5.32 Å². The molecule has 0 radical (unpaired) electrons. The molecule has 1 aromatic rings. The SMILES string of the molecule is CCC[C@H](N)C(=O)Nc1ccccc1C(=O)OCC. The molecule has 1 atom stereocenters. The number of hydrogen-bond acceptors (Lipinski definition) is 4. The van der Waals surface area contributed by atoms with Crippen LogP contribution in [-0.4, -0.2) is 24.5 Å². The molecule has 1 amide bonds. The first-order valence-electron chi connectivity index (χ1n) is 6.42. The molecule has 0 unspecified atom stereocenters. The fourth-order valence-corrected chi connectivity index (χ4v) is 1.65. The minimum atomic E-state index is -0.569. The van der Waals surface area contributed by atoms with E-state index >= 15 is 0 Å². The van der Waals surface area contributed by atoms with Crippen molar-refractivity contribution in [3.05, 3.63) is 29.8 Å². The number of carbonyl (C=O) groups excluding carboxylic acids is 2. The van der Waals surface area contributed by atoms with Crippen molar-refractivity contribution >= 4 is 17.6 Å². The molecule has 0 saturated heterocycles. The molecule has 5 heteroatoms. The quantitative estimate of drug-likeness (QED) is 0.769. The van der Waals surface area contributed by atoms with Gasteiger partial charge in [-0.05, 0) is 25.5 Å². The van der Waals surface area contributed by atoms with E-state index in [9.17, 15) is 9.59 Å². The van der Waals surface area contributed by atoms with Crippen LogP contribution in [0.3, 0.4) is 0 Å². The Labute approximate surface area is 113 Å². The van der Waals surface area contributed by atoms with Gasteiger partial charge in [0, 0.05) is 0 Å². The van der Waals surface area contributed by atoms with Crippen LogP contribution in [0, 0.1) is 0 Å². The minimum Gasteiger partial charge on any atom is -0.462 e. The zero-order valence-electron chi connectivity index (χ0n) is 11.3. The second-order valence-electron chi connectivity index (χ2n) is 4.15. The van der Waals surface area contributed by atoms with Crippen molar-refractivity contribution < 1.29 is 14.3 Å². The highest BCUT2D eigenvalue weighted by atomic mass is 16.5. The van der Waals surface area contributed by atoms with Crippen molar-refractivity contribution in [3.8, 4) is 0 Å². The van der Waals surface area contributed by atoms with Gasteiger partial charge >= 0.3 is 5.97 Å². The van der Waals surface area contributed by atoms with Gasteiger partial charge in [-0.1, -0.05) is 25.5 Å². The number of benzene rings is 1. The first-order valence-corrected chi connectivity index (χ1v) is 6.42. The lowest BCUT2D eigenvalue weighted by atomic mass is 10.1. The third kappa shape index (κ3) is 4.37. The Kier molecular flexibility index (Phi) is 6.02. The summed E-state index contributed by atoms with van der Waals surface area (Å²) >= 11 is 0. The van der Waals surface area contributed by atoms with Crippen molar-refractivity contribution in [1.29, 1.82) is 0 Å². The standard InChI is InChI=1S/C14H20N2O3/c1-3-7-11(15)13(17)16-12-9-6-5-8-10(12)14(18)19-4-2/h5-6,8-9,11H,3-4,7,15H2,1-2H3,(H,16,17)/t11-/m0/s1. The summed E-state index contributed by atoms with van der Waals surface area (Å²) in [6, 6.07) is 6.15. The van der Waals surface area contributed by atoms with Crippen LogP contribution in [0.25, 0.3) is 0 Å². The molecular formula is C14H20N2O3. The average molecular weight is 264 g/mol. The smallest absolute Gasteiger partial charge is 0.340 e. The third-order valence-electron chi connectivity index (χ3n) is 2.62. The van der Waals surface area contributed by atoms with Crippen LogP contribution in [0.1, 0.15) is 37.0 Å². The van der Waals surface area contributed by atoms with Crippen molar-refractivity contribution in [2.45, 2.75) is 32.7 Å². The molecular weight excluding hydrogens is 244 g/mol. The molecule has 0 aromatic heterocycles. The number of hydrogen-bond donors (Lipinski definition) is 2. The van der Waals surface area contributed by atoms with Gasteiger partial charge in [0.2, 0.25) is 5.91 Å². The number of para-hydroxylation sites is 1. The number of ether oxygens (including phenoxy) is 1. The predicted molar refractivity (Wildman–Crippen MR) is 73.9 cm³/mol. The van der Waals surface area contributed by atoms with Gasteiger partial charge in [0.15, 0.2) is 0 Å². The largest absolute Gasteiger partial charge is 0.462 e. The Morgan fingerprint density at radius 2 is 2.00 bits per heavy atom. The zero-order valence-corrected chi connectivity index (χ0v) is 11.3. The molecule has 0 aliphatic carbocycles. The van der Waals surface area contributed by atoms with Gasteiger partial charge in [-0.2, -0.15) is 0 Å². The number of carbonyl (C=O) groups is 2. The summed E-state index contributed by atoms with van der Waals surface area (Å²) in [5.41, 5.74) is 6.50. The third-order valence-corrected chi connectivity index (χ3v) is 2.62. The lowest BCUT2D eigenvalue weighted by molar-refractivity contribution is -0.117. The second-order valence-corrected chi connectivity index (χ2v) is 4.15. The van der Waals surface area contributed by atoms with Crippen molar-refractivity contribution in [2.24, 2.45) is 5.73 Å². The van der Waals surface area contributed by atoms with Crippen LogP contribution in [0.4, 0.5) is 5.69 Å². The first kappa shape index (κ1) is 15.2. The topological polar surface area (TPSA) is 81.4 Å². The molecule has 1 aromatic carbocycles. The summed E-state index contributed by atoms with van der Waals surface area (Å²) in [5.74, 6) is -0.749. The van der Waals surface area contributed by atoms with E-state index in [1.807, 2.05) is 6.92 Å². The van der Waals surface area contributed by atoms with E-state index in [4.69, 9.17) is 10.5 Å². The van der Waals surface area contributed by atoms with Gasteiger partial charge < -0.3 is 15.8 Å². The lowest BCUT2D eigenvalue weighted by Crippen LogP contribution is -2.35. The number of nitrogens with one attached hydrogen (secondary N) is 1. The fraction of sp³-hybridized carbons (Fsp3) is 0.429. The van der Waals surface area contributed by atoms with Crippen molar-refractivity contribution in [2.75, 3.05) is 11.9 Å². The normalized spacial score (nSPS) is 11.7. The average Bonchev–Trinajstić information content (AvgIpc) is 2.39. The Morgan fingerprint density at radius 1 is 1.32 bits per heavy atom. The van der Waals surface area contributed by atoms with Gasteiger partial charge in [-0.15, -0.1) is 0 Å². The van der Waals surface area contributed by atoms with Crippen LogP contribution in [0.15, 0.2) is 24.3 Å². The Hall–Kier alpha value is -1.88. The highest BCUT2D eigenvalue weighted by molar-refractivity contribution is 6.02. The molecule has 0 fully saturated rings. The van der Waals surface area contributed by atoms with Gasteiger partial charge in [0.25, 0.3) is 0 Å². The van der Waals surface area contributed by atoms with E-state index in [0.29, 0.717) is 17.7 Å². The number of amides is 1. The predicted octanol–water partition coefficient (Wildman–Crippen LogP) is 1.93. The monoisotopic (exact) mass is 264 g/mol. The van der Waals surface area contributed by atoms with E-state index in [-0.39, 0.29) is 12.5 Å². The maximum atomic E-state index is 11.8. The molecule has 3 N–H and O–H groups in total. The molecule has 0 aliphatic heterocycles. The van der Waals surface area contributed by atoms with Gasteiger partial charge in [-0.25, -0.2) is 4.79 Å². The maximum Gasteiger partial charge on any atom is 0.340 e. The highest BCUT2D eigenvalue weighted by Crippen LogP contribution is 2.16. The summed E-state index contributed by atoms with van der Waals surface area (Å²) in [7, 11) is 0.